The molecule has 17 heavy (non-hydrogen) atoms. The van der Waals surface area contributed by atoms with Gasteiger partial charge in [-0.3, -0.25) is 14.9 Å². The molecule has 1 amide bonds. The fourth-order valence-electron chi connectivity index (χ4n) is 2.10. The zero-order valence-electron chi connectivity index (χ0n) is 9.06. The molecule has 0 bridgehead atoms. The fourth-order valence-corrected chi connectivity index (χ4v) is 2.24. The Kier molecular flexibility index (Phi) is 3.28. The van der Waals surface area contributed by atoms with E-state index >= 15 is 0 Å². The van der Waals surface area contributed by atoms with Crippen molar-refractivity contribution in [2.45, 2.75) is 12.8 Å². The molecule has 1 aliphatic rings. The first-order valence-corrected chi connectivity index (χ1v) is 5.81. The molecule has 0 aromatic heterocycles. The molecule has 1 aromatic rings. The molecule has 0 atom stereocenters. The summed E-state index contributed by atoms with van der Waals surface area (Å²) in [5, 5.41) is 11.0. The predicted octanol–water partition coefficient (Wildman–Crippen LogP) is 2.11. The Morgan fingerprint density at radius 1 is 1.53 bits per heavy atom. The van der Waals surface area contributed by atoms with Gasteiger partial charge in [-0.2, -0.15) is 0 Å². The Hall–Kier alpha value is -1.62. The van der Waals surface area contributed by atoms with Crippen LogP contribution in [0.25, 0.3) is 0 Å². The number of hydrogen-bond donors (Lipinski definition) is 0. The van der Waals surface area contributed by atoms with E-state index < -0.39 is 4.92 Å². The second-order valence-electron chi connectivity index (χ2n) is 3.82. The number of carbonyl (C=O) groups excluding carboxylic acids is 1. The molecular weight excluding hydrogens is 244 g/mol. The van der Waals surface area contributed by atoms with Crippen molar-refractivity contribution >= 4 is 28.9 Å². The number of benzene rings is 1. The van der Waals surface area contributed by atoms with E-state index in [0.29, 0.717) is 12.2 Å². The van der Waals surface area contributed by atoms with Gasteiger partial charge in [-0.15, -0.1) is 11.6 Å². The van der Waals surface area contributed by atoms with E-state index in [2.05, 4.69) is 0 Å². The average Bonchev–Trinajstić information content (AvgIpc) is 2.36. The smallest absolute Gasteiger partial charge is 0.293 e. The number of nitro groups is 1. The van der Waals surface area contributed by atoms with Crippen LogP contribution in [-0.4, -0.2) is 23.3 Å². The molecule has 0 saturated heterocycles. The van der Waals surface area contributed by atoms with Gasteiger partial charge in [0.15, 0.2) is 0 Å². The van der Waals surface area contributed by atoms with Crippen LogP contribution in [0.1, 0.15) is 12.0 Å². The molecule has 2 rings (SSSR count). The van der Waals surface area contributed by atoms with Gasteiger partial charge in [-0.1, -0.05) is 12.1 Å². The van der Waals surface area contributed by atoms with Gasteiger partial charge in [0.05, 0.1) is 4.92 Å². The van der Waals surface area contributed by atoms with Crippen LogP contribution in [0.4, 0.5) is 11.4 Å². The Balaban J connectivity index is 2.54. The molecule has 1 aliphatic heterocycles. The molecule has 5 nitrogen and oxygen atoms in total. The molecule has 0 spiro atoms. The van der Waals surface area contributed by atoms with Crippen LogP contribution in [0.15, 0.2) is 18.2 Å². The summed E-state index contributed by atoms with van der Waals surface area (Å²) in [5.74, 6) is -0.451. The summed E-state index contributed by atoms with van der Waals surface area (Å²) in [6.07, 6.45) is 1.56. The largest absolute Gasteiger partial charge is 0.305 e. The van der Waals surface area contributed by atoms with Crippen molar-refractivity contribution in [3.8, 4) is 0 Å². The maximum absolute atomic E-state index is 11.7. The van der Waals surface area contributed by atoms with Crippen LogP contribution in [0.3, 0.4) is 0 Å². The number of anilines is 1. The third kappa shape index (κ3) is 2.10. The summed E-state index contributed by atoms with van der Waals surface area (Å²) in [6, 6.07) is 4.88. The lowest BCUT2D eigenvalue weighted by Gasteiger charge is -2.28. The van der Waals surface area contributed by atoms with Gasteiger partial charge >= 0.3 is 0 Å². The molecule has 0 N–H and O–H groups in total. The highest BCUT2D eigenvalue weighted by Gasteiger charge is 2.29. The standard InChI is InChI=1S/C11H11ClN2O3/c12-7-10(15)13-6-2-4-8-3-1-5-9(11(8)13)14(16)17/h1,3,5H,2,4,6-7H2. The summed E-state index contributed by atoms with van der Waals surface area (Å²) >= 11 is 5.52. The summed E-state index contributed by atoms with van der Waals surface area (Å²) in [4.78, 5) is 23.6. The van der Waals surface area contributed by atoms with Crippen LogP contribution in [0, 0.1) is 10.1 Å². The minimum absolute atomic E-state index is 0.0272. The minimum atomic E-state index is -0.460. The van der Waals surface area contributed by atoms with E-state index in [0.717, 1.165) is 18.4 Å². The minimum Gasteiger partial charge on any atom is -0.305 e. The summed E-state index contributed by atoms with van der Waals surface area (Å²) < 4.78 is 0. The van der Waals surface area contributed by atoms with Gasteiger partial charge in [0.25, 0.3) is 5.69 Å². The highest BCUT2D eigenvalue weighted by atomic mass is 35.5. The zero-order chi connectivity index (χ0) is 12.4. The Morgan fingerprint density at radius 3 is 2.94 bits per heavy atom. The van der Waals surface area contributed by atoms with Crippen molar-refractivity contribution in [3.05, 3.63) is 33.9 Å². The number of nitrogens with zero attached hydrogens (tertiary/aromatic N) is 2. The number of aryl methyl sites for hydroxylation is 1. The molecule has 0 radical (unpaired) electrons. The van der Waals surface area contributed by atoms with Gasteiger partial charge in [0, 0.05) is 12.6 Å². The van der Waals surface area contributed by atoms with Crippen molar-refractivity contribution in [2.24, 2.45) is 0 Å². The lowest BCUT2D eigenvalue weighted by atomic mass is 10.0. The first-order valence-electron chi connectivity index (χ1n) is 5.27. The predicted molar refractivity (Wildman–Crippen MR) is 64.5 cm³/mol. The third-order valence-corrected chi connectivity index (χ3v) is 3.04. The Morgan fingerprint density at radius 2 is 2.29 bits per heavy atom. The fraction of sp³-hybridized carbons (Fsp3) is 0.364. The number of alkyl halides is 1. The molecule has 1 aromatic carbocycles. The van der Waals surface area contributed by atoms with Crippen LogP contribution in [0.5, 0.6) is 0 Å². The van der Waals surface area contributed by atoms with Gasteiger partial charge in [-0.25, -0.2) is 0 Å². The number of halogens is 1. The Bertz CT molecular complexity index is 476. The molecular formula is C11H11ClN2O3. The summed E-state index contributed by atoms with van der Waals surface area (Å²) in [7, 11) is 0. The number of rotatable bonds is 2. The first-order chi connectivity index (χ1) is 8.15. The van der Waals surface area contributed by atoms with Gasteiger partial charge in [0.1, 0.15) is 11.6 Å². The zero-order valence-corrected chi connectivity index (χ0v) is 9.81. The van der Waals surface area contributed by atoms with E-state index in [4.69, 9.17) is 11.6 Å². The number of fused-ring (bicyclic) bond motifs is 1. The van der Waals surface area contributed by atoms with Crippen LogP contribution in [-0.2, 0) is 11.2 Å². The monoisotopic (exact) mass is 254 g/mol. The van der Waals surface area contributed by atoms with E-state index in [-0.39, 0.29) is 17.5 Å². The maximum atomic E-state index is 11.7. The number of amides is 1. The third-order valence-electron chi connectivity index (χ3n) is 2.81. The number of hydrogen-bond acceptors (Lipinski definition) is 3. The van der Waals surface area contributed by atoms with Gasteiger partial charge < -0.3 is 4.90 Å². The van der Waals surface area contributed by atoms with Gasteiger partial charge in [0.2, 0.25) is 5.91 Å². The van der Waals surface area contributed by atoms with E-state index in [1.807, 2.05) is 6.07 Å². The number of para-hydroxylation sites is 1. The van der Waals surface area contributed by atoms with Gasteiger partial charge in [-0.05, 0) is 18.4 Å². The van der Waals surface area contributed by atoms with E-state index in [9.17, 15) is 14.9 Å². The Labute approximate surface area is 103 Å². The topological polar surface area (TPSA) is 63.5 Å². The molecule has 0 unspecified atom stereocenters. The van der Waals surface area contributed by atoms with Crippen LogP contribution >= 0.6 is 11.6 Å². The lowest BCUT2D eigenvalue weighted by molar-refractivity contribution is -0.384. The number of nitro benzene ring substituents is 1. The molecule has 0 fully saturated rings. The molecule has 6 heteroatoms. The van der Waals surface area contributed by atoms with E-state index in [1.54, 1.807) is 6.07 Å². The highest BCUT2D eigenvalue weighted by molar-refractivity contribution is 6.29. The highest BCUT2D eigenvalue weighted by Crippen LogP contribution is 2.35. The van der Waals surface area contributed by atoms with Crippen LogP contribution < -0.4 is 4.90 Å². The molecule has 1 heterocycles. The second-order valence-corrected chi connectivity index (χ2v) is 4.09. The maximum Gasteiger partial charge on any atom is 0.293 e. The van der Waals surface area contributed by atoms with Crippen molar-refractivity contribution < 1.29 is 9.72 Å². The van der Waals surface area contributed by atoms with Crippen molar-refractivity contribution in [3.63, 3.8) is 0 Å². The molecule has 0 saturated carbocycles. The average molecular weight is 255 g/mol. The quantitative estimate of drug-likeness (QED) is 0.461. The molecule has 0 aliphatic carbocycles. The van der Waals surface area contributed by atoms with Crippen molar-refractivity contribution in [2.75, 3.05) is 17.3 Å². The SMILES string of the molecule is O=C(CCl)N1CCCc2cccc([N+](=O)[O-])c21. The van der Waals surface area contributed by atoms with Crippen molar-refractivity contribution in [1.29, 1.82) is 0 Å². The van der Waals surface area contributed by atoms with E-state index in [1.165, 1.54) is 11.0 Å². The lowest BCUT2D eigenvalue weighted by Crippen LogP contribution is -2.36. The normalized spacial score (nSPS) is 14.3. The van der Waals surface area contributed by atoms with Crippen molar-refractivity contribution in [1.82, 2.24) is 0 Å². The summed E-state index contributed by atoms with van der Waals surface area (Å²) in [5.41, 5.74) is 1.22. The summed E-state index contributed by atoms with van der Waals surface area (Å²) in [6.45, 7) is 0.489. The molecule has 90 valence electrons. The second kappa shape index (κ2) is 4.71. The number of carbonyl (C=O) groups is 1. The van der Waals surface area contributed by atoms with Crippen LogP contribution in [0.2, 0.25) is 0 Å². The first kappa shape index (κ1) is 11.9.